The molecule has 1 saturated heterocycles. The van der Waals surface area contributed by atoms with Crippen LogP contribution in [0.4, 0.5) is 0 Å². The number of hydrogen-bond donors (Lipinski definition) is 15. The van der Waals surface area contributed by atoms with Crippen LogP contribution in [0.15, 0.2) is 24.3 Å². The van der Waals surface area contributed by atoms with E-state index in [9.17, 15) is 72.9 Å². The topological polar surface area (TPSA) is 452 Å². The van der Waals surface area contributed by atoms with Gasteiger partial charge in [-0.3, -0.25) is 57.5 Å². The van der Waals surface area contributed by atoms with E-state index < -0.39 is 159 Å². The van der Waals surface area contributed by atoms with Crippen LogP contribution in [0.2, 0.25) is 0 Å². The van der Waals surface area contributed by atoms with Gasteiger partial charge in [0.05, 0.1) is 45.4 Å². The Hall–Kier alpha value is -7.42. The number of aromatic hydroxyl groups is 1. The molecule has 1 fully saturated rings. The van der Waals surface area contributed by atoms with E-state index in [4.69, 9.17) is 17.2 Å². The van der Waals surface area contributed by atoms with Crippen LogP contribution >= 0.6 is 0 Å². The summed E-state index contributed by atoms with van der Waals surface area (Å²) in [5.74, 6) is -14.2. The van der Waals surface area contributed by atoms with E-state index in [1.807, 2.05) is 0 Å². The number of aliphatic hydroxyl groups excluding tert-OH is 2. The molecule has 0 aliphatic carbocycles. The number of carbonyl (C=O) groups excluding carboxylic acids is 12. The molecule has 0 bridgehead atoms. The first kappa shape index (κ1) is 60.7. The molecular weight excluding hydrogens is 949 g/mol. The summed E-state index contributed by atoms with van der Waals surface area (Å²) >= 11 is 0. The van der Waals surface area contributed by atoms with Gasteiger partial charge in [-0.25, -0.2) is 0 Å². The Balaban J connectivity index is 2.58. The second-order valence-corrected chi connectivity index (χ2v) is 17.2. The molecule has 27 nitrogen and oxygen atoms in total. The normalized spacial score (nSPS) is 22.4. The molecule has 0 radical (unpaired) electrons. The van der Waals surface area contributed by atoms with Crippen molar-refractivity contribution >= 4 is 70.9 Å². The second kappa shape index (κ2) is 32.5. The molecule has 400 valence electrons. The Kier molecular flexibility index (Phi) is 27.4. The average Bonchev–Trinajstić information content (AvgIpc) is 3.31. The first-order valence-electron chi connectivity index (χ1n) is 23.7. The maximum atomic E-state index is 13.9. The molecule has 27 heteroatoms. The molecule has 72 heavy (non-hydrogen) atoms. The van der Waals surface area contributed by atoms with Crippen molar-refractivity contribution in [2.75, 3.05) is 26.3 Å². The third kappa shape index (κ3) is 23.5. The minimum absolute atomic E-state index is 0.0912. The molecule has 0 spiro atoms. The lowest BCUT2D eigenvalue weighted by Gasteiger charge is -2.26. The standard InChI is InChI=1S/C45H70N12O15/c1-2-3-4-5-6-7-8-9-10-11-16-49-39(66)31-21-37(64)52-32(23-58)44(71)53-27(17-25-12-14-26(60)15-13-25)41(68)54-28(18-34(46)61)40(67)50-22-38(65)51-29(19-35(47)62)42(69)57-33(24-59)45(72)55-30(20-36(48)63)43(70)56-31/h12-15,27-33,58-60H,2-11,16-24H2,1H3,(H2,46,61)(H2,47,62)(H2,48,63)(H,49,66)(H,50,67)(H,51,65)(H,52,64)(H,53,71)(H,54,68)(H,55,72)(H,56,70)(H,57,69)/t27-,28+,29-,30-,31-,32-,33-/m0/s1. The Bertz CT molecular complexity index is 2060. The number of phenolic OH excluding ortho intramolecular Hbond substituents is 1. The van der Waals surface area contributed by atoms with Gasteiger partial charge in [-0.2, -0.15) is 0 Å². The van der Waals surface area contributed by atoms with E-state index >= 15 is 0 Å². The highest BCUT2D eigenvalue weighted by Gasteiger charge is 2.35. The van der Waals surface area contributed by atoms with Gasteiger partial charge in [-0.1, -0.05) is 76.8 Å². The number of primary amides is 3. The van der Waals surface area contributed by atoms with Gasteiger partial charge in [-0.05, 0) is 24.1 Å². The fourth-order valence-electron chi connectivity index (χ4n) is 7.19. The quantitative estimate of drug-likeness (QED) is 0.0482. The number of phenols is 1. The number of carbonyl (C=O) groups is 12. The van der Waals surface area contributed by atoms with E-state index in [2.05, 4.69) is 54.8 Å². The summed E-state index contributed by atoms with van der Waals surface area (Å²) in [6, 6.07) is -7.58. The van der Waals surface area contributed by atoms with Crippen LogP contribution in [0.3, 0.4) is 0 Å². The molecule has 12 amide bonds. The Morgan fingerprint density at radius 3 is 1.44 bits per heavy atom. The zero-order valence-corrected chi connectivity index (χ0v) is 40.3. The highest BCUT2D eigenvalue weighted by Crippen LogP contribution is 2.13. The van der Waals surface area contributed by atoms with E-state index in [-0.39, 0.29) is 18.7 Å². The monoisotopic (exact) mass is 1020 g/mol. The van der Waals surface area contributed by atoms with Crippen molar-refractivity contribution in [3.63, 3.8) is 0 Å². The van der Waals surface area contributed by atoms with Crippen molar-refractivity contribution in [1.29, 1.82) is 0 Å². The van der Waals surface area contributed by atoms with Gasteiger partial charge < -0.3 is 80.4 Å². The molecular formula is C45H70N12O15. The van der Waals surface area contributed by atoms with Crippen molar-refractivity contribution < 1.29 is 72.9 Å². The molecule has 7 atom stereocenters. The van der Waals surface area contributed by atoms with Gasteiger partial charge in [-0.15, -0.1) is 0 Å². The fraction of sp³-hybridized carbons (Fsp3) is 0.600. The van der Waals surface area contributed by atoms with E-state index in [0.717, 1.165) is 44.9 Å². The minimum atomic E-state index is -1.95. The molecule has 2 rings (SSSR count). The van der Waals surface area contributed by atoms with Crippen molar-refractivity contribution in [3.8, 4) is 5.75 Å². The summed E-state index contributed by atoms with van der Waals surface area (Å²) < 4.78 is 0. The lowest BCUT2D eigenvalue weighted by atomic mass is 10.0. The predicted molar refractivity (Wildman–Crippen MR) is 253 cm³/mol. The molecule has 1 aliphatic rings. The summed E-state index contributed by atoms with van der Waals surface area (Å²) in [6.45, 7) is -1.03. The lowest BCUT2D eigenvalue weighted by molar-refractivity contribution is -0.137. The Labute approximate surface area is 415 Å². The van der Waals surface area contributed by atoms with Crippen molar-refractivity contribution in [2.45, 2.75) is 146 Å². The van der Waals surface area contributed by atoms with Crippen LogP contribution in [-0.2, 0) is 64.0 Å². The fourth-order valence-corrected chi connectivity index (χ4v) is 7.19. The molecule has 1 aromatic carbocycles. The third-order valence-corrected chi connectivity index (χ3v) is 11.1. The maximum absolute atomic E-state index is 13.9. The summed E-state index contributed by atoms with van der Waals surface area (Å²) in [5.41, 5.74) is 16.3. The third-order valence-electron chi connectivity index (χ3n) is 11.1. The number of amides is 12. The molecule has 1 heterocycles. The van der Waals surface area contributed by atoms with E-state index in [1.54, 1.807) is 0 Å². The Morgan fingerprint density at radius 2 is 0.931 bits per heavy atom. The van der Waals surface area contributed by atoms with Crippen LogP contribution in [0.25, 0.3) is 0 Å². The van der Waals surface area contributed by atoms with Crippen LogP contribution in [0.1, 0.15) is 102 Å². The number of benzene rings is 1. The van der Waals surface area contributed by atoms with Gasteiger partial charge in [0.1, 0.15) is 48.0 Å². The van der Waals surface area contributed by atoms with Crippen LogP contribution in [-0.4, -0.2) is 155 Å². The first-order chi connectivity index (χ1) is 34.2. The molecule has 0 aromatic heterocycles. The van der Waals surface area contributed by atoms with Crippen molar-refractivity contribution in [2.24, 2.45) is 17.2 Å². The Morgan fingerprint density at radius 1 is 0.528 bits per heavy atom. The second-order valence-electron chi connectivity index (χ2n) is 17.2. The van der Waals surface area contributed by atoms with Crippen LogP contribution in [0.5, 0.6) is 5.75 Å². The summed E-state index contributed by atoms with van der Waals surface area (Å²) in [5, 5.41) is 50.3. The maximum Gasteiger partial charge on any atom is 0.245 e. The number of hydrogen-bond acceptors (Lipinski definition) is 15. The molecule has 1 aromatic rings. The lowest BCUT2D eigenvalue weighted by Crippen LogP contribution is -2.60. The molecule has 18 N–H and O–H groups in total. The van der Waals surface area contributed by atoms with Gasteiger partial charge in [0.15, 0.2) is 0 Å². The van der Waals surface area contributed by atoms with E-state index in [0.29, 0.717) is 12.0 Å². The zero-order valence-electron chi connectivity index (χ0n) is 40.3. The molecule has 0 unspecified atom stereocenters. The summed E-state index contributed by atoms with van der Waals surface area (Å²) in [7, 11) is 0. The zero-order chi connectivity index (χ0) is 53.8. The molecule has 0 saturated carbocycles. The highest BCUT2D eigenvalue weighted by molar-refractivity contribution is 6.00. The first-order valence-corrected chi connectivity index (χ1v) is 23.7. The van der Waals surface area contributed by atoms with Crippen LogP contribution < -0.4 is 65.1 Å². The number of nitrogens with two attached hydrogens (primary N) is 3. The van der Waals surface area contributed by atoms with Crippen LogP contribution in [0, 0.1) is 0 Å². The number of aliphatic hydroxyl groups is 2. The summed E-state index contributed by atoms with van der Waals surface area (Å²) in [6.07, 6.45) is 5.91. The smallest absolute Gasteiger partial charge is 0.245 e. The SMILES string of the molecule is CCCCCCCCCCCCNC(=O)[C@@H]1CC(=O)N[C@@H](CO)C(=O)N[C@@H](Cc2ccc(O)cc2)C(=O)N[C@H](CC(N)=O)C(=O)NCC(=O)N[C@@H](CC(N)=O)C(=O)N[C@@H](CO)C(=O)N[C@@H](CC(N)=O)C(=O)N1. The van der Waals surface area contributed by atoms with Gasteiger partial charge in [0, 0.05) is 13.0 Å². The number of nitrogens with one attached hydrogen (secondary N) is 9. The number of unbranched alkanes of at least 4 members (excludes halogenated alkanes) is 9. The summed E-state index contributed by atoms with van der Waals surface area (Å²) in [4.78, 5) is 158. The number of rotatable bonds is 22. The van der Waals surface area contributed by atoms with Crippen molar-refractivity contribution in [3.05, 3.63) is 29.8 Å². The predicted octanol–water partition coefficient (Wildman–Crippen LogP) is -5.50. The largest absolute Gasteiger partial charge is 0.508 e. The van der Waals surface area contributed by atoms with Gasteiger partial charge in [0.25, 0.3) is 0 Å². The molecule has 1 aliphatic heterocycles. The minimum Gasteiger partial charge on any atom is -0.508 e. The highest BCUT2D eigenvalue weighted by atomic mass is 16.3. The van der Waals surface area contributed by atoms with Gasteiger partial charge in [0.2, 0.25) is 70.9 Å². The average molecular weight is 1020 g/mol. The van der Waals surface area contributed by atoms with Gasteiger partial charge >= 0.3 is 0 Å². The van der Waals surface area contributed by atoms with E-state index in [1.165, 1.54) is 37.1 Å². The van der Waals surface area contributed by atoms with Crippen molar-refractivity contribution in [1.82, 2.24) is 47.9 Å².